The number of benzene rings is 3. The van der Waals surface area contributed by atoms with Crippen LogP contribution in [-0.4, -0.2) is 49.0 Å². The third kappa shape index (κ3) is 9.14. The number of ether oxygens (including phenoxy) is 1. The molecule has 8 nitrogen and oxygen atoms in total. The molecule has 0 aliphatic carbocycles. The first-order valence-electron chi connectivity index (χ1n) is 12.7. The van der Waals surface area contributed by atoms with Crippen LogP contribution < -0.4 is 21.1 Å². The van der Waals surface area contributed by atoms with Crippen LogP contribution in [0.2, 0.25) is 0 Å². The van der Waals surface area contributed by atoms with Crippen molar-refractivity contribution in [2.75, 3.05) is 25.6 Å². The van der Waals surface area contributed by atoms with Gasteiger partial charge in [0.2, 0.25) is 5.91 Å². The first-order valence-corrected chi connectivity index (χ1v) is 12.7. The molecule has 0 aromatic heterocycles. The molecule has 5 N–H and O–H groups in total. The third-order valence-corrected chi connectivity index (χ3v) is 5.92. The molecule has 0 spiro atoms. The number of anilines is 1. The Balaban J connectivity index is 1.47. The van der Waals surface area contributed by atoms with E-state index in [1.807, 2.05) is 36.4 Å². The van der Waals surface area contributed by atoms with Crippen molar-refractivity contribution in [1.82, 2.24) is 5.32 Å². The molecule has 2 amide bonds. The van der Waals surface area contributed by atoms with Gasteiger partial charge < -0.3 is 26.2 Å². The maximum Gasteiger partial charge on any atom is 0.251 e. The number of methoxy groups -OCH3 is 1. The zero-order valence-corrected chi connectivity index (χ0v) is 22.2. The molecule has 1 atom stereocenters. The fraction of sp³-hybridized carbons (Fsp3) is 0.219. The number of ketones is 1. The van der Waals surface area contributed by atoms with Gasteiger partial charge >= 0.3 is 0 Å². The summed E-state index contributed by atoms with van der Waals surface area (Å²) in [5.41, 5.74) is 9.01. The van der Waals surface area contributed by atoms with E-state index in [0.717, 1.165) is 23.3 Å². The summed E-state index contributed by atoms with van der Waals surface area (Å²) in [6.07, 6.45) is 1.87. The molecule has 0 heterocycles. The number of aliphatic hydroxyl groups is 1. The van der Waals surface area contributed by atoms with Crippen molar-refractivity contribution in [2.24, 2.45) is 5.73 Å². The molecule has 40 heavy (non-hydrogen) atoms. The second kappa shape index (κ2) is 15.5. The molecule has 0 aliphatic rings. The summed E-state index contributed by atoms with van der Waals surface area (Å²) in [6.45, 7) is -0.791. The van der Waals surface area contributed by atoms with E-state index < -0.39 is 24.3 Å². The molecular formula is C32H31N3O5. The second-order valence-electron chi connectivity index (χ2n) is 8.75. The summed E-state index contributed by atoms with van der Waals surface area (Å²) in [5, 5.41) is 14.3. The number of aryl methyl sites for hydroxylation is 1. The van der Waals surface area contributed by atoms with E-state index in [-0.39, 0.29) is 12.5 Å². The molecule has 3 aromatic carbocycles. The van der Waals surface area contributed by atoms with Crippen LogP contribution in [0.5, 0.6) is 5.75 Å². The highest BCUT2D eigenvalue weighted by Gasteiger charge is 2.18. The number of rotatable bonds is 11. The van der Waals surface area contributed by atoms with E-state index in [2.05, 4.69) is 34.3 Å². The predicted molar refractivity (Wildman–Crippen MR) is 154 cm³/mol. The average Bonchev–Trinajstić information content (AvgIpc) is 2.99. The summed E-state index contributed by atoms with van der Waals surface area (Å²) < 4.78 is 5.35. The van der Waals surface area contributed by atoms with Crippen LogP contribution in [-0.2, 0) is 16.0 Å². The molecule has 0 radical (unpaired) electrons. The van der Waals surface area contributed by atoms with Gasteiger partial charge in [-0.3, -0.25) is 14.4 Å². The number of carbonyl (C=O) groups excluding carboxylic acids is 3. The van der Waals surface area contributed by atoms with Gasteiger partial charge in [-0.15, -0.1) is 0 Å². The van der Waals surface area contributed by atoms with Crippen molar-refractivity contribution in [3.05, 3.63) is 95.1 Å². The van der Waals surface area contributed by atoms with E-state index in [9.17, 15) is 14.4 Å². The number of amides is 2. The van der Waals surface area contributed by atoms with Crippen LogP contribution >= 0.6 is 0 Å². The summed E-state index contributed by atoms with van der Waals surface area (Å²) >= 11 is 0. The highest BCUT2D eigenvalue weighted by molar-refractivity contribution is 5.98. The Bertz CT molecular complexity index is 1440. The molecule has 3 rings (SSSR count). The lowest BCUT2D eigenvalue weighted by Gasteiger charge is -2.14. The fourth-order valence-corrected chi connectivity index (χ4v) is 3.74. The molecule has 0 bridgehead atoms. The second-order valence-corrected chi connectivity index (χ2v) is 8.75. The van der Waals surface area contributed by atoms with Gasteiger partial charge in [0.15, 0.2) is 5.78 Å². The highest BCUT2D eigenvalue weighted by atomic mass is 16.5. The Hall–Kier alpha value is -4.89. The van der Waals surface area contributed by atoms with Gasteiger partial charge in [-0.2, -0.15) is 0 Å². The van der Waals surface area contributed by atoms with Gasteiger partial charge in [-0.1, -0.05) is 30.0 Å². The van der Waals surface area contributed by atoms with E-state index >= 15 is 0 Å². The van der Waals surface area contributed by atoms with Gasteiger partial charge in [0.1, 0.15) is 18.4 Å². The standard InChI is InChI=1S/C32H31N3O5/c1-40-30-11-5-4-9-25(30)10-6-12-31(38)34-27-19-15-24(16-20-27)8-3-2-7-23-13-17-26(18-14-23)32(39)35-28(21-33)29(37)22-36/h4-5,9,11,13-20,28,36H,6,10,12,21-22,33H2,1H3,(H,34,38)(H,35,39)/t28-/m0/s1. The van der Waals surface area contributed by atoms with Gasteiger partial charge in [-0.05, 0) is 84.8 Å². The van der Waals surface area contributed by atoms with Crippen LogP contribution in [0, 0.1) is 23.7 Å². The number of hydrogen-bond donors (Lipinski definition) is 4. The SMILES string of the molecule is COc1ccccc1CCCC(=O)Nc1ccc(C#CC#Cc2ccc(C(=O)N[C@@H](CN)C(=O)CO)cc2)cc1. The topological polar surface area (TPSA) is 131 Å². The molecule has 0 fully saturated rings. The molecule has 8 heteroatoms. The van der Waals surface area contributed by atoms with Crippen molar-refractivity contribution in [2.45, 2.75) is 25.3 Å². The van der Waals surface area contributed by atoms with Gasteiger partial charge in [-0.25, -0.2) is 0 Å². The maximum atomic E-state index is 12.3. The zero-order valence-electron chi connectivity index (χ0n) is 22.2. The van der Waals surface area contributed by atoms with Crippen LogP contribution in [0.3, 0.4) is 0 Å². The molecule has 0 saturated heterocycles. The van der Waals surface area contributed by atoms with E-state index in [1.54, 1.807) is 43.5 Å². The molecule has 0 saturated carbocycles. The highest BCUT2D eigenvalue weighted by Crippen LogP contribution is 2.19. The third-order valence-electron chi connectivity index (χ3n) is 5.92. The molecule has 0 unspecified atom stereocenters. The minimum Gasteiger partial charge on any atom is -0.496 e. The normalized spacial score (nSPS) is 10.7. The minimum atomic E-state index is -0.937. The van der Waals surface area contributed by atoms with Crippen LogP contribution in [0.1, 0.15) is 39.9 Å². The number of carbonyl (C=O) groups is 3. The van der Waals surface area contributed by atoms with Crippen LogP contribution in [0.15, 0.2) is 72.8 Å². The Morgan fingerprint density at radius 2 is 1.55 bits per heavy atom. The maximum absolute atomic E-state index is 12.3. The Labute approximate surface area is 233 Å². The smallest absolute Gasteiger partial charge is 0.251 e. The van der Waals surface area contributed by atoms with Crippen LogP contribution in [0.4, 0.5) is 5.69 Å². The monoisotopic (exact) mass is 537 g/mol. The molecular weight excluding hydrogens is 506 g/mol. The number of para-hydroxylation sites is 1. The quantitative estimate of drug-likeness (QED) is 0.278. The van der Waals surface area contributed by atoms with Gasteiger partial charge in [0.25, 0.3) is 5.91 Å². The van der Waals surface area contributed by atoms with Crippen molar-refractivity contribution < 1.29 is 24.2 Å². The van der Waals surface area contributed by atoms with Crippen LogP contribution in [0.25, 0.3) is 0 Å². The van der Waals surface area contributed by atoms with E-state index in [0.29, 0.717) is 29.7 Å². The van der Waals surface area contributed by atoms with Gasteiger partial charge in [0.05, 0.1) is 7.11 Å². The number of hydrogen-bond acceptors (Lipinski definition) is 6. The van der Waals surface area contributed by atoms with Crippen molar-refractivity contribution in [3.63, 3.8) is 0 Å². The van der Waals surface area contributed by atoms with E-state index in [4.69, 9.17) is 15.6 Å². The number of nitrogens with two attached hydrogens (primary N) is 1. The molecule has 0 aliphatic heterocycles. The lowest BCUT2D eigenvalue weighted by atomic mass is 10.1. The largest absolute Gasteiger partial charge is 0.496 e. The van der Waals surface area contributed by atoms with E-state index in [1.165, 1.54) is 0 Å². The van der Waals surface area contributed by atoms with Crippen molar-refractivity contribution >= 4 is 23.3 Å². The Kier molecular flexibility index (Phi) is 11.5. The fourth-order valence-electron chi connectivity index (χ4n) is 3.74. The first-order chi connectivity index (χ1) is 19.4. The predicted octanol–water partition coefficient (Wildman–Crippen LogP) is 2.68. The lowest BCUT2D eigenvalue weighted by Crippen LogP contribution is -2.46. The minimum absolute atomic E-state index is 0.0547. The summed E-state index contributed by atoms with van der Waals surface area (Å²) in [5.74, 6) is 11.2. The number of Topliss-reactive ketones (excluding diaryl/α,β-unsaturated/α-hetero) is 1. The van der Waals surface area contributed by atoms with Crippen molar-refractivity contribution in [3.8, 4) is 29.4 Å². The zero-order chi connectivity index (χ0) is 28.7. The summed E-state index contributed by atoms with van der Waals surface area (Å²) in [4.78, 5) is 36.2. The number of aliphatic hydroxyl groups excluding tert-OH is 1. The molecule has 3 aromatic rings. The first kappa shape index (κ1) is 29.7. The average molecular weight is 538 g/mol. The summed E-state index contributed by atoms with van der Waals surface area (Å²) in [6, 6.07) is 20.6. The summed E-state index contributed by atoms with van der Waals surface area (Å²) in [7, 11) is 1.64. The Morgan fingerprint density at radius 1 is 0.925 bits per heavy atom. The lowest BCUT2D eigenvalue weighted by molar-refractivity contribution is -0.123. The molecule has 204 valence electrons. The van der Waals surface area contributed by atoms with Gasteiger partial charge in [0, 0.05) is 35.3 Å². The van der Waals surface area contributed by atoms with Crippen molar-refractivity contribution in [1.29, 1.82) is 0 Å². The number of nitrogens with one attached hydrogen (secondary N) is 2. The Morgan fingerprint density at radius 3 is 2.15 bits per heavy atom.